The maximum Gasteiger partial charge on any atom is 0.435 e. The predicted octanol–water partition coefficient (Wildman–Crippen LogP) is 4.66. The molecule has 2 aliphatic rings. The van der Waals surface area contributed by atoms with Crippen LogP contribution in [0.2, 0.25) is 5.02 Å². The van der Waals surface area contributed by atoms with Crippen molar-refractivity contribution in [1.82, 2.24) is 30.0 Å². The quantitative estimate of drug-likeness (QED) is 0.365. The highest BCUT2D eigenvalue weighted by Crippen LogP contribution is 2.53. The molecule has 3 heterocycles. The average Bonchev–Trinajstić information content (AvgIpc) is 3.17. The van der Waals surface area contributed by atoms with Gasteiger partial charge in [-0.3, -0.25) is 14.3 Å². The molecule has 9 nitrogen and oxygen atoms in total. The molecule has 1 aliphatic carbocycles. The molecule has 0 radical (unpaired) electrons. The molecule has 3 aromatic rings. The molecule has 40 heavy (non-hydrogen) atoms. The third-order valence-electron chi connectivity index (χ3n) is 7.17. The molecule has 1 atom stereocenters. The largest absolute Gasteiger partial charge is 0.435 e. The number of halogens is 6. The first-order valence-electron chi connectivity index (χ1n) is 12.4. The lowest BCUT2D eigenvalue weighted by Gasteiger charge is -2.35. The smallest absolute Gasteiger partial charge is 0.347 e. The highest BCUT2D eigenvalue weighted by Gasteiger charge is 2.59. The molecular formula is C25H25ClF5N7O2. The number of aromatic nitrogens is 4. The number of carbonyl (C=O) groups excluding carboxylic acids is 2. The van der Waals surface area contributed by atoms with Crippen molar-refractivity contribution in [3.8, 4) is 11.3 Å². The number of alkyl halides is 5. The summed E-state index contributed by atoms with van der Waals surface area (Å²) in [5, 5.41) is 12.3. The monoisotopic (exact) mass is 585 g/mol. The van der Waals surface area contributed by atoms with E-state index in [0.29, 0.717) is 4.68 Å². The zero-order valence-electron chi connectivity index (χ0n) is 21.4. The van der Waals surface area contributed by atoms with Gasteiger partial charge in [0.25, 0.3) is 17.7 Å². The Bertz CT molecular complexity index is 1480. The number of nitrogens with zero attached hydrogens (tertiary/aromatic N) is 4. The molecule has 1 aliphatic heterocycles. The Hall–Kier alpha value is -3.52. The molecule has 1 unspecified atom stereocenters. The van der Waals surface area contributed by atoms with Gasteiger partial charge in [0.1, 0.15) is 6.04 Å². The lowest BCUT2D eigenvalue weighted by Crippen LogP contribution is -2.52. The van der Waals surface area contributed by atoms with Crippen molar-refractivity contribution >= 4 is 29.1 Å². The van der Waals surface area contributed by atoms with E-state index in [1.807, 2.05) is 6.92 Å². The van der Waals surface area contributed by atoms with Crippen molar-refractivity contribution in [2.45, 2.75) is 49.9 Å². The topological polar surface area (TPSA) is 106 Å². The standard InChI is InChI=1S/C25H25ClF5N7O2/c1-23(5-7-32-8-6-23)35-21(39)14-4-3-13(9-16(14)26)34-22(40)20-33-11-17(37(20)2)15-12-38(18-10-24(18,27)28)36-19(15)25(29,30)31/h3-4,9,11-12,18,32H,5-8,10H2,1-2H3,(H,34,40)(H,35,39). The molecule has 0 bridgehead atoms. The van der Waals surface area contributed by atoms with Gasteiger partial charge in [-0.05, 0) is 51.1 Å². The molecule has 15 heteroatoms. The van der Waals surface area contributed by atoms with Gasteiger partial charge >= 0.3 is 6.18 Å². The number of hydrogen-bond acceptors (Lipinski definition) is 5. The molecule has 1 saturated heterocycles. The van der Waals surface area contributed by atoms with Crippen LogP contribution in [0.3, 0.4) is 0 Å². The lowest BCUT2D eigenvalue weighted by atomic mass is 9.90. The third kappa shape index (κ3) is 5.42. The molecular weight excluding hydrogens is 561 g/mol. The van der Waals surface area contributed by atoms with Crippen molar-refractivity contribution < 1.29 is 31.5 Å². The van der Waals surface area contributed by atoms with E-state index in [1.165, 1.54) is 25.2 Å². The Labute approximate surface area is 230 Å². The summed E-state index contributed by atoms with van der Waals surface area (Å²) in [7, 11) is 1.32. The Morgan fingerprint density at radius 1 is 1.18 bits per heavy atom. The van der Waals surface area contributed by atoms with Crippen molar-refractivity contribution in [2.24, 2.45) is 7.05 Å². The van der Waals surface area contributed by atoms with E-state index in [1.54, 1.807) is 0 Å². The van der Waals surface area contributed by atoms with E-state index >= 15 is 0 Å². The van der Waals surface area contributed by atoms with Crippen LogP contribution in [0.25, 0.3) is 11.3 Å². The third-order valence-corrected chi connectivity index (χ3v) is 7.49. The fraction of sp³-hybridized carbons (Fsp3) is 0.440. The molecule has 2 amide bonds. The van der Waals surface area contributed by atoms with Gasteiger partial charge in [0.05, 0.1) is 28.0 Å². The molecule has 5 rings (SSSR count). The van der Waals surface area contributed by atoms with Crippen molar-refractivity contribution in [1.29, 1.82) is 0 Å². The van der Waals surface area contributed by atoms with Crippen molar-refractivity contribution in [3.63, 3.8) is 0 Å². The highest BCUT2D eigenvalue weighted by molar-refractivity contribution is 6.34. The van der Waals surface area contributed by atoms with Gasteiger partial charge in [-0.25, -0.2) is 13.8 Å². The van der Waals surface area contributed by atoms with Crippen molar-refractivity contribution in [2.75, 3.05) is 18.4 Å². The normalized spacial score (nSPS) is 19.8. The van der Waals surface area contributed by atoms with Gasteiger partial charge < -0.3 is 20.5 Å². The van der Waals surface area contributed by atoms with E-state index in [-0.39, 0.29) is 39.2 Å². The summed E-state index contributed by atoms with van der Waals surface area (Å²) in [6.45, 7) is 3.51. The molecule has 0 spiro atoms. The first-order valence-corrected chi connectivity index (χ1v) is 12.8. The fourth-order valence-electron chi connectivity index (χ4n) is 4.71. The summed E-state index contributed by atoms with van der Waals surface area (Å²) >= 11 is 6.33. The second-order valence-corrected chi connectivity index (χ2v) is 10.7. The highest BCUT2D eigenvalue weighted by atomic mass is 35.5. The van der Waals surface area contributed by atoms with E-state index < -0.39 is 41.7 Å². The van der Waals surface area contributed by atoms with E-state index in [4.69, 9.17) is 11.6 Å². The number of rotatable bonds is 6. The number of nitrogens with one attached hydrogen (secondary N) is 3. The van der Waals surface area contributed by atoms with E-state index in [2.05, 4.69) is 26.0 Å². The Kier molecular flexibility index (Phi) is 6.89. The van der Waals surface area contributed by atoms with Crippen LogP contribution in [0.1, 0.15) is 58.9 Å². The summed E-state index contributed by atoms with van der Waals surface area (Å²) < 4.78 is 69.7. The molecule has 2 aromatic heterocycles. The second kappa shape index (κ2) is 9.84. The van der Waals surface area contributed by atoms with Crippen molar-refractivity contribution in [3.05, 3.63) is 52.7 Å². The summed E-state index contributed by atoms with van der Waals surface area (Å²) in [5.41, 5.74) is -1.91. The number of anilines is 1. The first kappa shape index (κ1) is 28.0. The van der Waals surface area contributed by atoms with Gasteiger partial charge in [-0.2, -0.15) is 18.3 Å². The van der Waals surface area contributed by atoms with Gasteiger partial charge in [0, 0.05) is 30.9 Å². The maximum atomic E-state index is 13.7. The summed E-state index contributed by atoms with van der Waals surface area (Å²) in [6.07, 6.45) is -2.08. The first-order chi connectivity index (χ1) is 18.7. The Balaban J connectivity index is 1.34. The van der Waals surface area contributed by atoms with Crippen LogP contribution in [0.4, 0.5) is 27.6 Å². The SMILES string of the molecule is Cn1c(-c2cn(C3CC3(F)F)nc2C(F)(F)F)cnc1C(=O)Nc1ccc(C(=O)NC2(C)CCNCC2)c(Cl)c1. The van der Waals surface area contributed by atoms with E-state index in [9.17, 15) is 31.5 Å². The fourth-order valence-corrected chi connectivity index (χ4v) is 4.98. The molecule has 1 saturated carbocycles. The van der Waals surface area contributed by atoms with Crippen LogP contribution in [0.15, 0.2) is 30.6 Å². The zero-order chi connectivity index (χ0) is 29.0. The minimum Gasteiger partial charge on any atom is -0.347 e. The second-order valence-electron chi connectivity index (χ2n) is 10.3. The Morgan fingerprint density at radius 3 is 2.45 bits per heavy atom. The number of piperidine rings is 1. The predicted molar refractivity (Wildman–Crippen MR) is 135 cm³/mol. The molecule has 214 valence electrons. The van der Waals surface area contributed by atoms with Gasteiger partial charge in [0.2, 0.25) is 0 Å². The molecule has 2 fully saturated rings. The number of imidazole rings is 1. The summed E-state index contributed by atoms with van der Waals surface area (Å²) in [4.78, 5) is 29.7. The number of benzene rings is 1. The number of amides is 2. The van der Waals surface area contributed by atoms with Crippen LogP contribution in [-0.4, -0.2) is 55.7 Å². The summed E-state index contributed by atoms with van der Waals surface area (Å²) in [5.74, 6) is -4.50. The van der Waals surface area contributed by atoms with E-state index in [0.717, 1.165) is 42.9 Å². The van der Waals surface area contributed by atoms with Gasteiger partial charge in [-0.1, -0.05) is 11.6 Å². The van der Waals surface area contributed by atoms with Gasteiger partial charge in [0.15, 0.2) is 11.5 Å². The molecule has 3 N–H and O–H groups in total. The van der Waals surface area contributed by atoms with Crippen LogP contribution in [0.5, 0.6) is 0 Å². The minimum atomic E-state index is -4.92. The average molecular weight is 586 g/mol. The molecule has 1 aromatic carbocycles. The maximum absolute atomic E-state index is 13.7. The van der Waals surface area contributed by atoms with Crippen LogP contribution in [-0.2, 0) is 13.2 Å². The Morgan fingerprint density at radius 2 is 1.85 bits per heavy atom. The summed E-state index contributed by atoms with van der Waals surface area (Å²) in [6, 6.07) is 2.84. The number of carbonyl (C=O) groups is 2. The zero-order valence-corrected chi connectivity index (χ0v) is 22.1. The lowest BCUT2D eigenvalue weighted by molar-refractivity contribution is -0.141. The van der Waals surface area contributed by atoms with Crippen LogP contribution < -0.4 is 16.0 Å². The van der Waals surface area contributed by atoms with Crippen LogP contribution in [0, 0.1) is 0 Å². The van der Waals surface area contributed by atoms with Gasteiger partial charge in [-0.15, -0.1) is 0 Å². The number of hydrogen-bond donors (Lipinski definition) is 3. The van der Waals surface area contributed by atoms with Crippen LogP contribution >= 0.6 is 11.6 Å². The minimum absolute atomic E-state index is 0.0903.